The third kappa shape index (κ3) is 3.09. The van der Waals surface area contributed by atoms with E-state index in [9.17, 15) is 4.79 Å². The van der Waals surface area contributed by atoms with E-state index in [1.54, 1.807) is 12.3 Å². The summed E-state index contributed by atoms with van der Waals surface area (Å²) in [5.41, 5.74) is 2.47. The van der Waals surface area contributed by atoms with Gasteiger partial charge in [-0.2, -0.15) is 0 Å². The minimum Gasteiger partial charge on any atom is -0.306 e. The number of aromatic nitrogens is 3. The molecule has 0 saturated heterocycles. The standard InChI is InChI=1S/C16H12N4O/c21-16(14-8-17-11-18-9-14)20-15-7-6-13(10-19-15)12-4-2-1-3-5-12/h1-11H,(H,19,20,21). The topological polar surface area (TPSA) is 67.8 Å². The molecule has 2 aromatic heterocycles. The SMILES string of the molecule is O=C(Nc1ccc(-c2ccccc2)cn1)c1cncnc1. The molecular weight excluding hydrogens is 264 g/mol. The van der Waals surface area contributed by atoms with Crippen molar-refractivity contribution in [2.75, 3.05) is 5.32 Å². The van der Waals surface area contributed by atoms with Crippen LogP contribution in [0.4, 0.5) is 5.82 Å². The second kappa shape index (κ2) is 5.92. The minimum absolute atomic E-state index is 0.282. The summed E-state index contributed by atoms with van der Waals surface area (Å²) in [6.07, 6.45) is 6.03. The number of amides is 1. The van der Waals surface area contributed by atoms with Crippen molar-refractivity contribution in [3.8, 4) is 11.1 Å². The summed E-state index contributed by atoms with van der Waals surface area (Å²) in [7, 11) is 0. The average Bonchev–Trinajstić information content (AvgIpc) is 2.57. The Kier molecular flexibility index (Phi) is 3.64. The number of nitrogens with one attached hydrogen (secondary N) is 1. The molecule has 0 spiro atoms. The van der Waals surface area contributed by atoms with Gasteiger partial charge >= 0.3 is 0 Å². The first-order valence-electron chi connectivity index (χ1n) is 6.41. The number of rotatable bonds is 3. The number of benzene rings is 1. The molecule has 1 N–H and O–H groups in total. The molecule has 1 amide bonds. The molecule has 3 aromatic rings. The molecule has 0 saturated carbocycles. The first-order chi connectivity index (χ1) is 10.3. The third-order valence-corrected chi connectivity index (χ3v) is 2.93. The van der Waals surface area contributed by atoms with Crippen LogP contribution in [0.25, 0.3) is 11.1 Å². The number of pyridine rings is 1. The maximum atomic E-state index is 11.9. The summed E-state index contributed by atoms with van der Waals surface area (Å²) in [4.78, 5) is 23.8. The second-order valence-electron chi connectivity index (χ2n) is 4.38. The maximum absolute atomic E-state index is 11.9. The normalized spacial score (nSPS) is 10.1. The van der Waals surface area contributed by atoms with E-state index in [4.69, 9.17) is 0 Å². The van der Waals surface area contributed by atoms with Crippen molar-refractivity contribution >= 4 is 11.7 Å². The molecule has 3 rings (SSSR count). The molecule has 2 heterocycles. The van der Waals surface area contributed by atoms with Gasteiger partial charge in [-0.1, -0.05) is 30.3 Å². The number of hydrogen-bond donors (Lipinski definition) is 1. The van der Waals surface area contributed by atoms with Crippen LogP contribution in [-0.4, -0.2) is 20.9 Å². The van der Waals surface area contributed by atoms with Crippen molar-refractivity contribution in [2.45, 2.75) is 0 Å². The summed E-state index contributed by atoms with van der Waals surface area (Å²) in [6.45, 7) is 0. The lowest BCUT2D eigenvalue weighted by Gasteiger charge is -2.05. The Morgan fingerprint density at radius 3 is 2.29 bits per heavy atom. The quantitative estimate of drug-likeness (QED) is 0.798. The van der Waals surface area contributed by atoms with E-state index in [0.29, 0.717) is 11.4 Å². The van der Waals surface area contributed by atoms with Crippen LogP contribution in [-0.2, 0) is 0 Å². The molecule has 0 aliphatic heterocycles. The predicted octanol–water partition coefficient (Wildman–Crippen LogP) is 2.79. The van der Waals surface area contributed by atoms with Crippen molar-refractivity contribution in [1.82, 2.24) is 15.0 Å². The molecule has 1 aromatic carbocycles. The van der Waals surface area contributed by atoms with E-state index in [1.807, 2.05) is 36.4 Å². The lowest BCUT2D eigenvalue weighted by atomic mass is 10.1. The first-order valence-corrected chi connectivity index (χ1v) is 6.41. The van der Waals surface area contributed by atoms with Crippen LogP contribution in [0.2, 0.25) is 0 Å². The van der Waals surface area contributed by atoms with Gasteiger partial charge in [0.05, 0.1) is 5.56 Å². The molecule has 0 radical (unpaired) electrons. The molecule has 5 heteroatoms. The summed E-state index contributed by atoms with van der Waals surface area (Å²) in [6, 6.07) is 13.6. The Hall–Kier alpha value is -3.08. The fraction of sp³-hybridized carbons (Fsp3) is 0. The lowest BCUT2D eigenvalue weighted by Crippen LogP contribution is -2.13. The Balaban J connectivity index is 1.75. The van der Waals surface area contributed by atoms with E-state index < -0.39 is 0 Å². The van der Waals surface area contributed by atoms with E-state index in [1.165, 1.54) is 18.7 Å². The fourth-order valence-corrected chi connectivity index (χ4v) is 1.87. The lowest BCUT2D eigenvalue weighted by molar-refractivity contribution is 0.102. The molecule has 102 valence electrons. The molecule has 5 nitrogen and oxygen atoms in total. The van der Waals surface area contributed by atoms with Gasteiger partial charge < -0.3 is 5.32 Å². The van der Waals surface area contributed by atoms with Crippen LogP contribution in [0.15, 0.2) is 67.4 Å². The van der Waals surface area contributed by atoms with E-state index in [0.717, 1.165) is 11.1 Å². The van der Waals surface area contributed by atoms with Crippen LogP contribution in [0.3, 0.4) is 0 Å². The van der Waals surface area contributed by atoms with Gasteiger partial charge in [0.25, 0.3) is 5.91 Å². The Morgan fingerprint density at radius 2 is 1.62 bits per heavy atom. The molecule has 0 atom stereocenters. The van der Waals surface area contributed by atoms with E-state index >= 15 is 0 Å². The van der Waals surface area contributed by atoms with Crippen molar-refractivity contribution in [1.29, 1.82) is 0 Å². The summed E-state index contributed by atoms with van der Waals surface area (Å²) < 4.78 is 0. The van der Waals surface area contributed by atoms with Gasteiger partial charge in [-0.15, -0.1) is 0 Å². The predicted molar refractivity (Wildman–Crippen MR) is 79.7 cm³/mol. The smallest absolute Gasteiger partial charge is 0.259 e. The van der Waals surface area contributed by atoms with Gasteiger partial charge in [-0.3, -0.25) is 4.79 Å². The number of carbonyl (C=O) groups is 1. The summed E-state index contributed by atoms with van der Waals surface area (Å²) >= 11 is 0. The summed E-state index contributed by atoms with van der Waals surface area (Å²) in [5, 5.41) is 2.71. The zero-order valence-electron chi connectivity index (χ0n) is 11.1. The molecule has 0 bridgehead atoms. The van der Waals surface area contributed by atoms with Gasteiger partial charge in [-0.25, -0.2) is 15.0 Å². The first kappa shape index (κ1) is 12.9. The highest BCUT2D eigenvalue weighted by Crippen LogP contribution is 2.19. The Labute approximate surface area is 121 Å². The highest BCUT2D eigenvalue weighted by Gasteiger charge is 2.07. The van der Waals surface area contributed by atoms with Crippen LogP contribution >= 0.6 is 0 Å². The Morgan fingerprint density at radius 1 is 0.857 bits per heavy atom. The van der Waals surface area contributed by atoms with Gasteiger partial charge in [0, 0.05) is 24.2 Å². The van der Waals surface area contributed by atoms with Gasteiger partial charge in [0.2, 0.25) is 0 Å². The highest BCUT2D eigenvalue weighted by atomic mass is 16.1. The van der Waals surface area contributed by atoms with Crippen molar-refractivity contribution in [2.24, 2.45) is 0 Å². The molecule has 0 aliphatic rings. The zero-order valence-corrected chi connectivity index (χ0v) is 11.1. The van der Waals surface area contributed by atoms with Gasteiger partial charge in [0.1, 0.15) is 12.1 Å². The molecule has 0 unspecified atom stereocenters. The molecule has 21 heavy (non-hydrogen) atoms. The third-order valence-electron chi connectivity index (χ3n) is 2.93. The monoisotopic (exact) mass is 276 g/mol. The zero-order chi connectivity index (χ0) is 14.5. The van der Waals surface area contributed by atoms with E-state index in [-0.39, 0.29) is 5.91 Å². The van der Waals surface area contributed by atoms with Crippen molar-refractivity contribution in [3.05, 3.63) is 72.9 Å². The second-order valence-corrected chi connectivity index (χ2v) is 4.38. The van der Waals surface area contributed by atoms with Gasteiger partial charge in [0.15, 0.2) is 0 Å². The number of nitrogens with zero attached hydrogens (tertiary/aromatic N) is 3. The van der Waals surface area contributed by atoms with Crippen LogP contribution in [0, 0.1) is 0 Å². The van der Waals surface area contributed by atoms with E-state index in [2.05, 4.69) is 20.3 Å². The van der Waals surface area contributed by atoms with Crippen LogP contribution < -0.4 is 5.32 Å². The number of carbonyl (C=O) groups excluding carboxylic acids is 1. The minimum atomic E-state index is -0.282. The van der Waals surface area contributed by atoms with Crippen molar-refractivity contribution < 1.29 is 4.79 Å². The largest absolute Gasteiger partial charge is 0.306 e. The number of hydrogen-bond acceptors (Lipinski definition) is 4. The fourth-order valence-electron chi connectivity index (χ4n) is 1.87. The maximum Gasteiger partial charge on any atom is 0.259 e. The van der Waals surface area contributed by atoms with Crippen molar-refractivity contribution in [3.63, 3.8) is 0 Å². The molecular formula is C16H12N4O. The Bertz CT molecular complexity index is 727. The average molecular weight is 276 g/mol. The molecule has 0 aliphatic carbocycles. The van der Waals surface area contributed by atoms with Gasteiger partial charge in [-0.05, 0) is 17.7 Å². The van der Waals surface area contributed by atoms with Crippen LogP contribution in [0.1, 0.15) is 10.4 Å². The molecule has 0 fully saturated rings. The highest BCUT2D eigenvalue weighted by molar-refractivity contribution is 6.03. The number of anilines is 1. The summed E-state index contributed by atoms with van der Waals surface area (Å²) in [5.74, 6) is 0.207. The van der Waals surface area contributed by atoms with Crippen LogP contribution in [0.5, 0.6) is 0 Å².